The third-order valence-electron chi connectivity index (χ3n) is 3.70. The van der Waals surface area contributed by atoms with Gasteiger partial charge >= 0.3 is 0 Å². The largest absolute Gasteiger partial charge is 0.297 e. The predicted octanol–water partition coefficient (Wildman–Crippen LogP) is 5.17. The Morgan fingerprint density at radius 1 is 1.33 bits per heavy atom. The van der Waals surface area contributed by atoms with E-state index in [-0.39, 0.29) is 6.04 Å². The first-order valence-corrected chi connectivity index (χ1v) is 7.43. The van der Waals surface area contributed by atoms with Gasteiger partial charge in [0.2, 0.25) is 0 Å². The van der Waals surface area contributed by atoms with Crippen molar-refractivity contribution in [1.29, 1.82) is 0 Å². The van der Waals surface area contributed by atoms with E-state index >= 15 is 0 Å². The number of hydrogen-bond acceptors (Lipinski definition) is 3. The number of fused-ring (bicyclic) bond motifs is 3. The fourth-order valence-corrected chi connectivity index (χ4v) is 2.85. The molecule has 0 saturated heterocycles. The third-order valence-corrected chi connectivity index (χ3v) is 4.18. The lowest BCUT2D eigenvalue weighted by Crippen LogP contribution is -2.37. The summed E-state index contributed by atoms with van der Waals surface area (Å²) in [4.78, 5) is 11.1. The molecule has 0 amide bonds. The van der Waals surface area contributed by atoms with Gasteiger partial charge in [-0.1, -0.05) is 29.8 Å². The molecule has 1 unspecified atom stereocenters. The van der Waals surface area contributed by atoms with E-state index in [2.05, 4.69) is 23.5 Å². The van der Waals surface area contributed by atoms with Gasteiger partial charge in [-0.05, 0) is 44.1 Å². The number of halogens is 2. The van der Waals surface area contributed by atoms with Crippen LogP contribution < -0.4 is 4.90 Å². The number of nitrogens with zero attached hydrogens (tertiary/aromatic N) is 3. The van der Waals surface area contributed by atoms with Crippen LogP contribution >= 0.6 is 23.2 Å². The maximum absolute atomic E-state index is 6.33. The molecule has 1 atom stereocenters. The van der Waals surface area contributed by atoms with Gasteiger partial charge in [-0.25, -0.2) is 4.99 Å². The van der Waals surface area contributed by atoms with Crippen molar-refractivity contribution in [3.63, 3.8) is 0 Å². The fourth-order valence-electron chi connectivity index (χ4n) is 2.42. The number of hydrogen-bond donors (Lipinski definition) is 0. The third kappa shape index (κ3) is 2.30. The number of anilines is 1. The monoisotopic (exact) mass is 319 g/mol. The summed E-state index contributed by atoms with van der Waals surface area (Å²) in [5.41, 5.74) is 4.63. The molecule has 2 heterocycles. The first kappa shape index (κ1) is 14.4. The van der Waals surface area contributed by atoms with Gasteiger partial charge in [0.05, 0.1) is 17.4 Å². The van der Waals surface area contributed by atoms with Crippen molar-refractivity contribution in [3.05, 3.63) is 41.1 Å². The highest BCUT2D eigenvalue weighted by atomic mass is 35.5. The maximum Gasteiger partial charge on any atom is 0.172 e. The Kier molecular flexibility index (Phi) is 3.42. The lowest BCUT2D eigenvalue weighted by atomic mass is 10.0. The van der Waals surface area contributed by atoms with Crippen molar-refractivity contribution in [3.8, 4) is 0 Å². The minimum atomic E-state index is 0.0987. The van der Waals surface area contributed by atoms with Crippen LogP contribution in [0, 0.1) is 0 Å². The molecule has 0 aromatic heterocycles. The summed E-state index contributed by atoms with van der Waals surface area (Å²) in [6.07, 6.45) is 2.04. The van der Waals surface area contributed by atoms with Crippen molar-refractivity contribution in [1.82, 2.24) is 0 Å². The summed E-state index contributed by atoms with van der Waals surface area (Å²) in [6, 6.07) is 3.84. The zero-order valence-corrected chi connectivity index (χ0v) is 13.6. The Bertz CT molecular complexity index is 744. The highest BCUT2D eigenvalue weighted by Crippen LogP contribution is 2.43. The number of rotatable bonds is 1. The van der Waals surface area contributed by atoms with Crippen LogP contribution in [0.4, 0.5) is 11.4 Å². The van der Waals surface area contributed by atoms with E-state index in [0.717, 1.165) is 28.1 Å². The Labute approximate surface area is 134 Å². The molecule has 0 fully saturated rings. The second kappa shape index (κ2) is 5.00. The zero-order chi connectivity index (χ0) is 15.3. The summed E-state index contributed by atoms with van der Waals surface area (Å²) in [6.45, 7) is 10.0. The summed E-state index contributed by atoms with van der Waals surface area (Å²) in [5, 5.41) is 1.03. The van der Waals surface area contributed by atoms with Gasteiger partial charge in [-0.2, -0.15) is 0 Å². The molecule has 2 aliphatic heterocycles. The molecule has 0 spiro atoms. The molecular formula is C16H15Cl2N3. The molecule has 1 aromatic carbocycles. The van der Waals surface area contributed by atoms with Crippen LogP contribution in [0.25, 0.3) is 5.57 Å². The van der Waals surface area contributed by atoms with Gasteiger partial charge < -0.3 is 0 Å². The molecule has 3 rings (SSSR count). The number of amidine groups is 1. The van der Waals surface area contributed by atoms with Crippen molar-refractivity contribution in [2.45, 2.75) is 26.8 Å². The first-order valence-electron chi connectivity index (χ1n) is 6.68. The predicted molar refractivity (Wildman–Crippen MR) is 92.2 cm³/mol. The molecule has 108 valence electrons. The Hall–Kier alpha value is -1.58. The van der Waals surface area contributed by atoms with Crippen molar-refractivity contribution in [2.24, 2.45) is 9.98 Å². The van der Waals surface area contributed by atoms with E-state index in [0.29, 0.717) is 16.0 Å². The van der Waals surface area contributed by atoms with Crippen LogP contribution in [0.15, 0.2) is 40.5 Å². The van der Waals surface area contributed by atoms with Crippen LogP contribution in [0.2, 0.25) is 5.02 Å². The second-order valence-corrected chi connectivity index (χ2v) is 6.17. The first-order chi connectivity index (χ1) is 9.88. The van der Waals surface area contributed by atoms with Gasteiger partial charge in [-0.3, -0.25) is 9.89 Å². The van der Waals surface area contributed by atoms with Gasteiger partial charge in [0.25, 0.3) is 0 Å². The average Bonchev–Trinajstić information content (AvgIpc) is 2.41. The number of allylic oxidation sites excluding steroid dienone is 1. The van der Waals surface area contributed by atoms with Crippen LogP contribution in [0.1, 0.15) is 26.3 Å². The lowest BCUT2D eigenvalue weighted by molar-refractivity contribution is 0.839. The second-order valence-electron chi connectivity index (χ2n) is 5.38. The lowest BCUT2D eigenvalue weighted by Gasteiger charge is -2.33. The van der Waals surface area contributed by atoms with E-state index < -0.39 is 0 Å². The molecule has 1 aromatic rings. The van der Waals surface area contributed by atoms with E-state index in [1.165, 1.54) is 0 Å². The normalized spacial score (nSPS) is 20.1. The molecule has 3 nitrogen and oxygen atoms in total. The van der Waals surface area contributed by atoms with Crippen molar-refractivity contribution in [2.75, 3.05) is 4.90 Å². The Morgan fingerprint density at radius 2 is 2.05 bits per heavy atom. The van der Waals surface area contributed by atoms with E-state index in [9.17, 15) is 0 Å². The average molecular weight is 320 g/mol. The molecule has 0 aliphatic carbocycles. The molecule has 0 saturated carbocycles. The van der Waals surface area contributed by atoms with Crippen molar-refractivity contribution >= 4 is 51.2 Å². The van der Waals surface area contributed by atoms with Crippen LogP contribution in [0.5, 0.6) is 0 Å². The summed E-state index contributed by atoms with van der Waals surface area (Å²) in [5.74, 6) is 0.664. The molecule has 0 N–H and O–H groups in total. The molecular weight excluding hydrogens is 305 g/mol. The SMILES string of the molecule is C=C(C)c1cc(Cl)cc2c1N=C(Cl)C1=NC(C)C(C)=CN12. The maximum atomic E-state index is 6.33. The summed E-state index contributed by atoms with van der Waals surface area (Å²) < 4.78 is 0. The Morgan fingerprint density at radius 3 is 2.71 bits per heavy atom. The summed E-state index contributed by atoms with van der Waals surface area (Å²) >= 11 is 12.6. The minimum Gasteiger partial charge on any atom is -0.297 e. The molecule has 0 bridgehead atoms. The van der Waals surface area contributed by atoms with E-state index in [1.807, 2.05) is 37.1 Å². The number of benzene rings is 1. The minimum absolute atomic E-state index is 0.0987. The van der Waals surface area contributed by atoms with Gasteiger partial charge in [0.15, 0.2) is 11.0 Å². The fraction of sp³-hybridized carbons (Fsp3) is 0.250. The highest BCUT2D eigenvalue weighted by molar-refractivity contribution is 6.85. The molecule has 21 heavy (non-hydrogen) atoms. The Balaban J connectivity index is 2.29. The molecule has 5 heteroatoms. The van der Waals surface area contributed by atoms with Gasteiger partial charge in [-0.15, -0.1) is 0 Å². The highest BCUT2D eigenvalue weighted by Gasteiger charge is 2.30. The van der Waals surface area contributed by atoms with Crippen molar-refractivity contribution < 1.29 is 0 Å². The van der Waals surface area contributed by atoms with Crippen LogP contribution in [0.3, 0.4) is 0 Å². The van der Waals surface area contributed by atoms with E-state index in [4.69, 9.17) is 23.2 Å². The number of aliphatic imine (C=N–C) groups is 2. The van der Waals surface area contributed by atoms with E-state index in [1.54, 1.807) is 0 Å². The van der Waals surface area contributed by atoms with Gasteiger partial charge in [0.1, 0.15) is 0 Å². The smallest absolute Gasteiger partial charge is 0.172 e. The topological polar surface area (TPSA) is 28.0 Å². The van der Waals surface area contributed by atoms with Gasteiger partial charge in [0, 0.05) is 16.8 Å². The molecule has 0 radical (unpaired) electrons. The standard InChI is InChI=1S/C16H15Cl2N3/c1-8(2)12-5-11(17)6-13-14(12)20-15(18)16-19-10(4)9(3)7-21(13)16/h5-7,10H,1H2,2-4H3. The summed E-state index contributed by atoms with van der Waals surface area (Å²) in [7, 11) is 0. The van der Waals surface area contributed by atoms with Crippen LogP contribution in [-0.4, -0.2) is 17.0 Å². The molecule has 2 aliphatic rings. The zero-order valence-electron chi connectivity index (χ0n) is 12.1. The van der Waals surface area contributed by atoms with Crippen LogP contribution in [-0.2, 0) is 0 Å². The quantitative estimate of drug-likeness (QED) is 0.702.